The molecule has 104 valence electrons. The minimum Gasteiger partial charge on any atom is -0.507 e. The lowest BCUT2D eigenvalue weighted by atomic mass is 10.1. The normalized spacial score (nSPS) is 10.1. The van der Waals surface area contributed by atoms with Crippen molar-refractivity contribution in [2.24, 2.45) is 0 Å². The van der Waals surface area contributed by atoms with E-state index in [0.29, 0.717) is 17.7 Å². The summed E-state index contributed by atoms with van der Waals surface area (Å²) in [5, 5.41) is 9.96. The number of aryl methyl sites for hydroxylation is 1. The van der Waals surface area contributed by atoms with Crippen LogP contribution in [0.2, 0.25) is 0 Å². The summed E-state index contributed by atoms with van der Waals surface area (Å²) in [5.74, 6) is 0.589. The number of phenolic OH excluding ortho intramolecular Hbond substituents is 1. The number of rotatable bonds is 4. The third kappa shape index (κ3) is 3.51. The second-order valence-electron chi connectivity index (χ2n) is 4.23. The highest BCUT2D eigenvalue weighted by Crippen LogP contribution is 2.23. The molecule has 0 atom stereocenters. The Balaban J connectivity index is 1.94. The van der Waals surface area contributed by atoms with Gasteiger partial charge in [0.1, 0.15) is 18.1 Å². The van der Waals surface area contributed by atoms with Gasteiger partial charge in [0, 0.05) is 5.56 Å². The number of phenols is 1. The fourth-order valence-corrected chi connectivity index (χ4v) is 1.80. The zero-order valence-corrected chi connectivity index (χ0v) is 11.2. The lowest BCUT2D eigenvalue weighted by Gasteiger charge is -2.09. The van der Waals surface area contributed by atoms with Crippen molar-refractivity contribution in [3.8, 4) is 11.5 Å². The molecular formula is C16H16O4. The van der Waals surface area contributed by atoms with Crippen LogP contribution in [-0.2, 0) is 17.8 Å². The molecule has 2 aromatic carbocycles. The third-order valence-electron chi connectivity index (χ3n) is 2.87. The summed E-state index contributed by atoms with van der Waals surface area (Å²) >= 11 is 0. The molecule has 0 aliphatic heterocycles. The van der Waals surface area contributed by atoms with Gasteiger partial charge in [-0.25, -0.2) is 4.79 Å². The Kier molecular flexibility index (Phi) is 4.60. The van der Waals surface area contributed by atoms with Crippen molar-refractivity contribution in [2.75, 3.05) is 0 Å². The molecule has 0 radical (unpaired) electrons. The van der Waals surface area contributed by atoms with Gasteiger partial charge in [0.15, 0.2) is 0 Å². The maximum atomic E-state index is 11.5. The first-order valence-electron chi connectivity index (χ1n) is 6.40. The monoisotopic (exact) mass is 272 g/mol. The van der Waals surface area contributed by atoms with Crippen LogP contribution >= 0.6 is 0 Å². The van der Waals surface area contributed by atoms with E-state index in [0.717, 1.165) is 5.56 Å². The van der Waals surface area contributed by atoms with Gasteiger partial charge < -0.3 is 14.6 Å². The molecule has 0 heterocycles. The molecule has 20 heavy (non-hydrogen) atoms. The molecule has 4 heteroatoms. The zero-order valence-electron chi connectivity index (χ0n) is 11.2. The number of carbonyl (C=O) groups excluding carboxylic acids is 1. The highest BCUT2D eigenvalue weighted by Gasteiger charge is 2.10. The lowest BCUT2D eigenvalue weighted by molar-refractivity contribution is 0.0921. The van der Waals surface area contributed by atoms with Gasteiger partial charge in [-0.2, -0.15) is 0 Å². The van der Waals surface area contributed by atoms with Crippen molar-refractivity contribution < 1.29 is 19.4 Å². The summed E-state index contributed by atoms with van der Waals surface area (Å²) in [6.07, 6.45) is -0.0776. The molecule has 0 spiro atoms. The van der Waals surface area contributed by atoms with Gasteiger partial charge in [-0.05, 0) is 24.1 Å². The zero-order chi connectivity index (χ0) is 14.4. The SMILES string of the molecule is CCc1cccc(COC(=O)Oc2ccccc2)c1O. The molecule has 0 fully saturated rings. The number of hydrogen-bond donors (Lipinski definition) is 1. The first-order valence-corrected chi connectivity index (χ1v) is 6.40. The van der Waals surface area contributed by atoms with Gasteiger partial charge in [0.05, 0.1) is 0 Å². The Morgan fingerprint density at radius 2 is 1.75 bits per heavy atom. The van der Waals surface area contributed by atoms with Crippen LogP contribution in [0.25, 0.3) is 0 Å². The maximum absolute atomic E-state index is 11.5. The van der Waals surface area contributed by atoms with Crippen molar-refractivity contribution in [3.05, 3.63) is 59.7 Å². The molecule has 0 aliphatic rings. The summed E-state index contributed by atoms with van der Waals surface area (Å²) in [6.45, 7) is 1.93. The quantitative estimate of drug-likeness (QED) is 0.681. The van der Waals surface area contributed by atoms with E-state index in [9.17, 15) is 9.90 Å². The van der Waals surface area contributed by atoms with Crippen LogP contribution in [0.1, 0.15) is 18.1 Å². The van der Waals surface area contributed by atoms with E-state index in [2.05, 4.69) is 0 Å². The van der Waals surface area contributed by atoms with E-state index in [-0.39, 0.29) is 12.4 Å². The van der Waals surface area contributed by atoms with Crippen LogP contribution < -0.4 is 4.74 Å². The van der Waals surface area contributed by atoms with E-state index in [4.69, 9.17) is 9.47 Å². The van der Waals surface area contributed by atoms with Gasteiger partial charge in [0.25, 0.3) is 0 Å². The number of carbonyl (C=O) groups is 1. The largest absolute Gasteiger partial charge is 0.514 e. The molecule has 2 rings (SSSR count). The number of para-hydroxylation sites is 2. The highest BCUT2D eigenvalue weighted by molar-refractivity contribution is 5.63. The van der Waals surface area contributed by atoms with E-state index in [1.165, 1.54) is 0 Å². The number of ether oxygens (including phenoxy) is 2. The fourth-order valence-electron chi connectivity index (χ4n) is 1.80. The smallest absolute Gasteiger partial charge is 0.507 e. The summed E-state index contributed by atoms with van der Waals surface area (Å²) in [6, 6.07) is 14.0. The predicted molar refractivity (Wildman–Crippen MR) is 74.7 cm³/mol. The maximum Gasteiger partial charge on any atom is 0.514 e. The van der Waals surface area contributed by atoms with Crippen LogP contribution in [0.5, 0.6) is 11.5 Å². The topological polar surface area (TPSA) is 55.8 Å². The van der Waals surface area contributed by atoms with Crippen molar-refractivity contribution in [2.45, 2.75) is 20.0 Å². The molecule has 0 saturated carbocycles. The molecule has 0 saturated heterocycles. The van der Waals surface area contributed by atoms with Crippen LogP contribution in [0, 0.1) is 0 Å². The van der Waals surface area contributed by atoms with Crippen LogP contribution in [0.4, 0.5) is 4.79 Å². The van der Waals surface area contributed by atoms with Crippen molar-refractivity contribution >= 4 is 6.16 Å². The summed E-state index contributed by atoms with van der Waals surface area (Å²) in [4.78, 5) is 11.5. The van der Waals surface area contributed by atoms with Crippen molar-refractivity contribution in [1.82, 2.24) is 0 Å². The summed E-state index contributed by atoms with van der Waals surface area (Å²) in [5.41, 5.74) is 1.39. The average Bonchev–Trinajstić information content (AvgIpc) is 2.47. The molecule has 0 unspecified atom stereocenters. The summed E-state index contributed by atoms with van der Waals surface area (Å²) in [7, 11) is 0. The summed E-state index contributed by atoms with van der Waals surface area (Å²) < 4.78 is 9.98. The van der Waals surface area contributed by atoms with Crippen LogP contribution in [0.15, 0.2) is 48.5 Å². The first kappa shape index (κ1) is 13.9. The minimum absolute atomic E-state index is 0.0225. The standard InChI is InChI=1S/C16H16O4/c1-2-12-7-6-8-13(15(12)17)11-19-16(18)20-14-9-4-3-5-10-14/h3-10,17H,2,11H2,1H3. The van der Waals surface area contributed by atoms with Crippen LogP contribution in [-0.4, -0.2) is 11.3 Å². The van der Waals surface area contributed by atoms with Gasteiger partial charge in [-0.3, -0.25) is 0 Å². The Bertz CT molecular complexity index is 578. The average molecular weight is 272 g/mol. The van der Waals surface area contributed by atoms with Crippen LogP contribution in [0.3, 0.4) is 0 Å². The number of aromatic hydroxyl groups is 1. The molecule has 0 aliphatic carbocycles. The minimum atomic E-state index is -0.794. The molecule has 0 amide bonds. The van der Waals surface area contributed by atoms with Crippen molar-refractivity contribution in [1.29, 1.82) is 0 Å². The molecule has 1 N–H and O–H groups in total. The predicted octanol–water partition coefficient (Wildman–Crippen LogP) is 3.67. The Hall–Kier alpha value is -2.49. The van der Waals surface area contributed by atoms with Gasteiger partial charge >= 0.3 is 6.16 Å². The van der Waals surface area contributed by atoms with E-state index >= 15 is 0 Å². The van der Waals surface area contributed by atoms with Gasteiger partial charge in [-0.15, -0.1) is 0 Å². The molecular weight excluding hydrogens is 256 g/mol. The first-order chi connectivity index (χ1) is 9.70. The van der Waals surface area contributed by atoms with E-state index < -0.39 is 6.16 Å². The Morgan fingerprint density at radius 3 is 2.45 bits per heavy atom. The second kappa shape index (κ2) is 6.61. The Morgan fingerprint density at radius 1 is 1.05 bits per heavy atom. The lowest BCUT2D eigenvalue weighted by Crippen LogP contribution is -2.10. The molecule has 0 bridgehead atoms. The Labute approximate surface area is 117 Å². The molecule has 2 aromatic rings. The third-order valence-corrected chi connectivity index (χ3v) is 2.87. The molecule has 0 aromatic heterocycles. The van der Waals surface area contributed by atoms with E-state index in [1.807, 2.05) is 25.1 Å². The van der Waals surface area contributed by atoms with E-state index in [1.54, 1.807) is 30.3 Å². The number of benzene rings is 2. The number of hydrogen-bond acceptors (Lipinski definition) is 4. The van der Waals surface area contributed by atoms with Gasteiger partial charge in [0.2, 0.25) is 0 Å². The second-order valence-corrected chi connectivity index (χ2v) is 4.23. The highest BCUT2D eigenvalue weighted by atomic mass is 16.7. The molecule has 4 nitrogen and oxygen atoms in total. The van der Waals surface area contributed by atoms with Gasteiger partial charge in [-0.1, -0.05) is 43.3 Å². The fraction of sp³-hybridized carbons (Fsp3) is 0.188. The van der Waals surface area contributed by atoms with Crippen molar-refractivity contribution in [3.63, 3.8) is 0 Å².